The lowest BCUT2D eigenvalue weighted by Crippen LogP contribution is -2.32. The second kappa shape index (κ2) is 6.78. The number of benzene rings is 1. The highest BCUT2D eigenvalue weighted by atomic mass is 16.1. The van der Waals surface area contributed by atoms with Crippen molar-refractivity contribution in [1.82, 2.24) is 5.32 Å². The van der Waals surface area contributed by atoms with E-state index in [1.807, 2.05) is 18.2 Å². The molecule has 0 aromatic heterocycles. The third-order valence-electron chi connectivity index (χ3n) is 4.49. The van der Waals surface area contributed by atoms with Crippen molar-refractivity contribution in [3.63, 3.8) is 0 Å². The zero-order valence-electron chi connectivity index (χ0n) is 12.8. The SMILES string of the molecule is CCC1CCCCC1Nc1ccc(C(=O)NC)cc1C. The van der Waals surface area contributed by atoms with Crippen LogP contribution >= 0.6 is 0 Å². The lowest BCUT2D eigenvalue weighted by Gasteiger charge is -2.32. The first-order chi connectivity index (χ1) is 9.65. The molecule has 3 nitrogen and oxygen atoms in total. The molecule has 110 valence electrons. The van der Waals surface area contributed by atoms with E-state index in [4.69, 9.17) is 0 Å². The van der Waals surface area contributed by atoms with Crippen LogP contribution in [0.1, 0.15) is 54.9 Å². The first kappa shape index (κ1) is 14.9. The van der Waals surface area contributed by atoms with Crippen LogP contribution in [0.25, 0.3) is 0 Å². The van der Waals surface area contributed by atoms with Crippen molar-refractivity contribution in [2.24, 2.45) is 5.92 Å². The summed E-state index contributed by atoms with van der Waals surface area (Å²) >= 11 is 0. The van der Waals surface area contributed by atoms with Crippen LogP contribution < -0.4 is 10.6 Å². The molecule has 1 saturated carbocycles. The van der Waals surface area contributed by atoms with Crippen molar-refractivity contribution in [3.05, 3.63) is 29.3 Å². The maximum Gasteiger partial charge on any atom is 0.251 e. The first-order valence-electron chi connectivity index (χ1n) is 7.75. The van der Waals surface area contributed by atoms with Gasteiger partial charge in [-0.3, -0.25) is 4.79 Å². The fourth-order valence-corrected chi connectivity index (χ4v) is 3.20. The molecule has 1 aliphatic rings. The van der Waals surface area contributed by atoms with Crippen LogP contribution in [-0.2, 0) is 0 Å². The predicted octanol–water partition coefficient (Wildman–Crippen LogP) is 3.74. The molecule has 1 aliphatic carbocycles. The number of nitrogens with one attached hydrogen (secondary N) is 2. The highest BCUT2D eigenvalue weighted by Gasteiger charge is 2.23. The third-order valence-corrected chi connectivity index (χ3v) is 4.49. The minimum atomic E-state index is -0.0243. The number of aryl methyl sites for hydroxylation is 1. The molecule has 0 heterocycles. The van der Waals surface area contributed by atoms with Crippen LogP contribution in [0.4, 0.5) is 5.69 Å². The number of anilines is 1. The van der Waals surface area contributed by atoms with Gasteiger partial charge in [0.1, 0.15) is 0 Å². The van der Waals surface area contributed by atoms with Crippen molar-refractivity contribution in [2.45, 2.75) is 52.0 Å². The highest BCUT2D eigenvalue weighted by molar-refractivity contribution is 5.94. The first-order valence-corrected chi connectivity index (χ1v) is 7.75. The average Bonchev–Trinajstić information content (AvgIpc) is 2.49. The van der Waals surface area contributed by atoms with Gasteiger partial charge in [0.05, 0.1) is 0 Å². The lowest BCUT2D eigenvalue weighted by molar-refractivity contribution is 0.0963. The van der Waals surface area contributed by atoms with Gasteiger partial charge in [0.2, 0.25) is 0 Å². The van der Waals surface area contributed by atoms with E-state index in [9.17, 15) is 4.79 Å². The standard InChI is InChI=1S/C17H26N2O/c1-4-13-7-5-6-8-16(13)19-15-10-9-14(11-12(15)2)17(20)18-3/h9-11,13,16,19H,4-8H2,1-3H3,(H,18,20). The van der Waals surface area contributed by atoms with Crippen molar-refractivity contribution in [1.29, 1.82) is 0 Å². The normalized spacial score (nSPS) is 22.4. The molecule has 0 saturated heterocycles. The molecular formula is C17H26N2O. The molecule has 0 aliphatic heterocycles. The summed E-state index contributed by atoms with van der Waals surface area (Å²) in [4.78, 5) is 11.6. The van der Waals surface area contributed by atoms with Crippen molar-refractivity contribution < 1.29 is 4.79 Å². The highest BCUT2D eigenvalue weighted by Crippen LogP contribution is 2.30. The van der Waals surface area contributed by atoms with Gasteiger partial charge in [-0.2, -0.15) is 0 Å². The lowest BCUT2D eigenvalue weighted by atomic mass is 9.82. The van der Waals surface area contributed by atoms with Gasteiger partial charge in [0.15, 0.2) is 0 Å². The number of carbonyl (C=O) groups is 1. The molecule has 1 amide bonds. The fraction of sp³-hybridized carbons (Fsp3) is 0.588. The maximum atomic E-state index is 11.6. The number of hydrogen-bond donors (Lipinski definition) is 2. The van der Waals surface area contributed by atoms with Gasteiger partial charge in [0.25, 0.3) is 5.91 Å². The molecule has 2 unspecified atom stereocenters. The maximum absolute atomic E-state index is 11.6. The summed E-state index contributed by atoms with van der Waals surface area (Å²) in [7, 11) is 1.66. The Kier molecular flexibility index (Phi) is 5.05. The van der Waals surface area contributed by atoms with Crippen LogP contribution in [-0.4, -0.2) is 19.0 Å². The van der Waals surface area contributed by atoms with Gasteiger partial charge >= 0.3 is 0 Å². The Balaban J connectivity index is 2.11. The fourth-order valence-electron chi connectivity index (χ4n) is 3.20. The van der Waals surface area contributed by atoms with Gasteiger partial charge in [0, 0.05) is 24.3 Å². The molecule has 2 rings (SSSR count). The summed E-state index contributed by atoms with van der Waals surface area (Å²) in [6.45, 7) is 4.35. The van der Waals surface area contributed by atoms with Gasteiger partial charge in [-0.15, -0.1) is 0 Å². The van der Waals surface area contributed by atoms with E-state index >= 15 is 0 Å². The van der Waals surface area contributed by atoms with E-state index in [1.165, 1.54) is 37.8 Å². The summed E-state index contributed by atoms with van der Waals surface area (Å²) in [6.07, 6.45) is 6.53. The zero-order valence-corrected chi connectivity index (χ0v) is 12.8. The molecule has 2 atom stereocenters. The minimum Gasteiger partial charge on any atom is -0.382 e. The molecule has 0 spiro atoms. The van der Waals surface area contributed by atoms with Gasteiger partial charge in [-0.05, 0) is 49.4 Å². The van der Waals surface area contributed by atoms with Crippen LogP contribution in [0, 0.1) is 12.8 Å². The van der Waals surface area contributed by atoms with E-state index in [0.717, 1.165) is 17.0 Å². The smallest absolute Gasteiger partial charge is 0.251 e. The van der Waals surface area contributed by atoms with E-state index in [0.29, 0.717) is 6.04 Å². The van der Waals surface area contributed by atoms with E-state index in [1.54, 1.807) is 7.05 Å². The molecular weight excluding hydrogens is 248 g/mol. The topological polar surface area (TPSA) is 41.1 Å². The van der Waals surface area contributed by atoms with Gasteiger partial charge in [-0.25, -0.2) is 0 Å². The largest absolute Gasteiger partial charge is 0.382 e. The van der Waals surface area contributed by atoms with Crippen molar-refractivity contribution in [3.8, 4) is 0 Å². The van der Waals surface area contributed by atoms with Gasteiger partial charge < -0.3 is 10.6 Å². The number of amides is 1. The minimum absolute atomic E-state index is 0.0243. The molecule has 1 aromatic carbocycles. The molecule has 0 bridgehead atoms. The Hall–Kier alpha value is -1.51. The Morgan fingerprint density at radius 1 is 1.30 bits per heavy atom. The number of carbonyl (C=O) groups excluding carboxylic acids is 1. The van der Waals surface area contributed by atoms with Crippen LogP contribution in [0.2, 0.25) is 0 Å². The molecule has 3 heteroatoms. The second-order valence-corrected chi connectivity index (χ2v) is 5.81. The van der Waals surface area contributed by atoms with E-state index in [2.05, 4.69) is 24.5 Å². The molecule has 1 aromatic rings. The zero-order chi connectivity index (χ0) is 14.5. The number of rotatable bonds is 4. The Morgan fingerprint density at radius 3 is 2.70 bits per heavy atom. The Labute approximate surface area is 122 Å². The second-order valence-electron chi connectivity index (χ2n) is 5.81. The molecule has 1 fully saturated rings. The van der Waals surface area contributed by atoms with Crippen LogP contribution in [0.3, 0.4) is 0 Å². The Morgan fingerprint density at radius 2 is 2.05 bits per heavy atom. The predicted molar refractivity (Wildman–Crippen MR) is 84.2 cm³/mol. The number of hydrogen-bond acceptors (Lipinski definition) is 2. The van der Waals surface area contributed by atoms with Crippen molar-refractivity contribution in [2.75, 3.05) is 12.4 Å². The summed E-state index contributed by atoms with van der Waals surface area (Å²) in [6, 6.07) is 6.49. The third kappa shape index (κ3) is 3.33. The summed E-state index contributed by atoms with van der Waals surface area (Å²) in [5, 5.41) is 6.37. The van der Waals surface area contributed by atoms with Crippen molar-refractivity contribution >= 4 is 11.6 Å². The summed E-state index contributed by atoms with van der Waals surface area (Å²) in [5.41, 5.74) is 3.04. The Bertz CT molecular complexity index is 470. The monoisotopic (exact) mass is 274 g/mol. The summed E-state index contributed by atoms with van der Waals surface area (Å²) in [5.74, 6) is 0.755. The van der Waals surface area contributed by atoms with Crippen LogP contribution in [0.5, 0.6) is 0 Å². The quantitative estimate of drug-likeness (QED) is 0.878. The summed E-state index contributed by atoms with van der Waals surface area (Å²) < 4.78 is 0. The van der Waals surface area contributed by atoms with Crippen LogP contribution in [0.15, 0.2) is 18.2 Å². The molecule has 2 N–H and O–H groups in total. The van der Waals surface area contributed by atoms with Gasteiger partial charge in [-0.1, -0.05) is 26.2 Å². The molecule has 20 heavy (non-hydrogen) atoms. The van der Waals surface area contributed by atoms with E-state index < -0.39 is 0 Å². The average molecular weight is 274 g/mol. The molecule has 0 radical (unpaired) electrons. The van der Waals surface area contributed by atoms with E-state index in [-0.39, 0.29) is 5.91 Å².